The van der Waals surface area contributed by atoms with Crippen molar-refractivity contribution in [1.29, 1.82) is 0 Å². The van der Waals surface area contributed by atoms with Crippen LogP contribution in [-0.4, -0.2) is 76.6 Å². The first-order valence-electron chi connectivity index (χ1n) is 11.7. The average molecular weight is 530 g/mol. The lowest BCUT2D eigenvalue weighted by Gasteiger charge is -2.17. The van der Waals surface area contributed by atoms with Crippen LogP contribution in [0, 0.1) is 11.8 Å². The molecule has 1 atom stereocenters. The molecule has 0 bridgehead atoms. The predicted octanol–water partition coefficient (Wildman–Crippen LogP) is 3.28. The van der Waals surface area contributed by atoms with Crippen LogP contribution < -0.4 is 16.0 Å². The van der Waals surface area contributed by atoms with Gasteiger partial charge in [0, 0.05) is 25.1 Å². The fourth-order valence-corrected chi connectivity index (χ4v) is 3.61. The number of carbonyl (C=O) groups excluding carboxylic acids is 2. The summed E-state index contributed by atoms with van der Waals surface area (Å²) in [5.74, 6) is 5.84. The Labute approximate surface area is 219 Å². The van der Waals surface area contributed by atoms with Crippen LogP contribution in [0.1, 0.15) is 34.1 Å². The van der Waals surface area contributed by atoms with Crippen molar-refractivity contribution in [3.8, 4) is 11.8 Å². The Morgan fingerprint density at radius 3 is 2.49 bits per heavy atom. The summed E-state index contributed by atoms with van der Waals surface area (Å²) in [7, 11) is 4.90. The second-order valence-corrected chi connectivity index (χ2v) is 8.89. The van der Waals surface area contributed by atoms with E-state index in [9.17, 15) is 9.59 Å². The summed E-state index contributed by atoms with van der Waals surface area (Å²) in [6, 6.07) is 0. The summed E-state index contributed by atoms with van der Waals surface area (Å²) in [5.41, 5.74) is 0.170. The second kappa shape index (κ2) is 26.7. The van der Waals surface area contributed by atoms with Crippen LogP contribution >= 0.6 is 21.6 Å². The van der Waals surface area contributed by atoms with Gasteiger partial charge in [-0.05, 0) is 32.4 Å². The Morgan fingerprint density at radius 1 is 1.14 bits per heavy atom. The van der Waals surface area contributed by atoms with Crippen LogP contribution in [0.5, 0.6) is 0 Å². The molecule has 1 unspecified atom stereocenters. The van der Waals surface area contributed by atoms with Crippen molar-refractivity contribution >= 4 is 33.4 Å². The molecule has 0 aromatic carbocycles. The van der Waals surface area contributed by atoms with E-state index in [0.717, 1.165) is 6.42 Å². The topological polar surface area (TPSA) is 97.9 Å². The number of nitrogens with one attached hydrogen (secondary N) is 3. The zero-order chi connectivity index (χ0) is 26.7. The zero-order valence-electron chi connectivity index (χ0n) is 22.0. The number of hydrogen-bond acceptors (Lipinski definition) is 8. The van der Waals surface area contributed by atoms with Gasteiger partial charge in [0.05, 0.1) is 19.8 Å². The fraction of sp³-hybridized carbons (Fsp3) is 0.600. The van der Waals surface area contributed by atoms with Crippen molar-refractivity contribution in [1.82, 2.24) is 16.0 Å². The molecule has 0 spiro atoms. The first-order chi connectivity index (χ1) is 17.0. The molecule has 0 heterocycles. The van der Waals surface area contributed by atoms with Gasteiger partial charge in [-0.15, -0.1) is 5.92 Å². The summed E-state index contributed by atoms with van der Waals surface area (Å²) in [6.45, 7) is 13.8. The lowest BCUT2D eigenvalue weighted by molar-refractivity contribution is -0.126. The molecule has 0 aliphatic heterocycles. The van der Waals surface area contributed by atoms with Crippen molar-refractivity contribution in [3.63, 3.8) is 0 Å². The number of likely N-dealkylation sites (N-methyl/N-ethyl adjacent to an activating group) is 1. The highest BCUT2D eigenvalue weighted by atomic mass is 33.1. The number of hydrogen-bond donors (Lipinski definition) is 3. The molecule has 2 amide bonds. The monoisotopic (exact) mass is 529 g/mol. The molecule has 3 N–H and O–H groups in total. The van der Waals surface area contributed by atoms with Crippen LogP contribution in [0.3, 0.4) is 0 Å². The summed E-state index contributed by atoms with van der Waals surface area (Å²) in [5, 5.41) is 8.44. The van der Waals surface area contributed by atoms with Gasteiger partial charge < -0.3 is 30.2 Å². The number of rotatable bonds is 18. The van der Waals surface area contributed by atoms with Crippen LogP contribution in [0.4, 0.5) is 0 Å². The van der Waals surface area contributed by atoms with E-state index in [-0.39, 0.29) is 37.1 Å². The predicted molar refractivity (Wildman–Crippen MR) is 149 cm³/mol. The lowest BCUT2D eigenvalue weighted by atomic mass is 10.2. The molecule has 0 fully saturated rings. The van der Waals surface area contributed by atoms with E-state index in [1.165, 1.54) is 16.9 Å². The Morgan fingerprint density at radius 2 is 1.89 bits per heavy atom. The van der Waals surface area contributed by atoms with Crippen LogP contribution in [0.15, 0.2) is 36.1 Å². The largest absolute Gasteiger partial charge is 0.490 e. The molecule has 0 radical (unpaired) electrons. The normalized spacial score (nSPS) is 11.8. The second-order valence-electron chi connectivity index (χ2n) is 6.26. The summed E-state index contributed by atoms with van der Waals surface area (Å²) >= 11 is 0. The first-order valence-corrected chi connectivity index (χ1v) is 14.3. The van der Waals surface area contributed by atoms with Gasteiger partial charge in [-0.1, -0.05) is 60.9 Å². The van der Waals surface area contributed by atoms with E-state index >= 15 is 0 Å². The smallest absolute Gasteiger partial charge is 0.251 e. The van der Waals surface area contributed by atoms with Crippen molar-refractivity contribution in [2.24, 2.45) is 0 Å². The molecule has 0 aliphatic carbocycles. The summed E-state index contributed by atoms with van der Waals surface area (Å²) in [4.78, 5) is 23.9. The average Bonchev–Trinajstić information content (AvgIpc) is 2.87. The molecule has 0 aromatic heterocycles. The maximum Gasteiger partial charge on any atom is 0.251 e. The van der Waals surface area contributed by atoms with E-state index in [2.05, 4.69) is 34.4 Å². The van der Waals surface area contributed by atoms with Crippen molar-refractivity contribution in [2.45, 2.75) is 39.6 Å². The van der Waals surface area contributed by atoms with Gasteiger partial charge >= 0.3 is 0 Å². The van der Waals surface area contributed by atoms with Crippen molar-refractivity contribution < 1.29 is 23.8 Å². The molecular weight excluding hydrogens is 486 g/mol. The number of ether oxygens (including phenoxy) is 3. The molecule has 35 heavy (non-hydrogen) atoms. The minimum absolute atomic E-state index is 0.0395. The molecule has 0 aromatic rings. The molecule has 200 valence electrons. The third kappa shape index (κ3) is 21.1. The van der Waals surface area contributed by atoms with E-state index in [4.69, 9.17) is 14.2 Å². The van der Waals surface area contributed by atoms with E-state index < -0.39 is 0 Å². The van der Waals surface area contributed by atoms with E-state index in [0.29, 0.717) is 37.6 Å². The van der Waals surface area contributed by atoms with Crippen molar-refractivity contribution in [3.05, 3.63) is 36.1 Å². The molecule has 0 rings (SSSR count). The van der Waals surface area contributed by atoms with Gasteiger partial charge in [-0.3, -0.25) is 9.59 Å². The van der Waals surface area contributed by atoms with E-state index in [1.54, 1.807) is 22.9 Å². The van der Waals surface area contributed by atoms with Gasteiger partial charge in [0.25, 0.3) is 5.91 Å². The Balaban J connectivity index is 0. The highest BCUT2D eigenvalue weighted by Crippen LogP contribution is 2.25. The number of amides is 2. The lowest BCUT2D eigenvalue weighted by Crippen LogP contribution is -2.31. The van der Waals surface area contributed by atoms with E-state index in [1.807, 2.05) is 41.0 Å². The quantitative estimate of drug-likeness (QED) is 0.0473. The maximum atomic E-state index is 12.2. The van der Waals surface area contributed by atoms with Gasteiger partial charge in [0.1, 0.15) is 24.4 Å². The fourth-order valence-electron chi connectivity index (χ4n) is 2.14. The number of allylic oxidation sites excluding steroid dienone is 2. The first kappa shape index (κ1) is 35.3. The highest BCUT2D eigenvalue weighted by molar-refractivity contribution is 8.76. The summed E-state index contributed by atoms with van der Waals surface area (Å²) in [6.07, 6.45) is 7.63. The van der Waals surface area contributed by atoms with Gasteiger partial charge in [-0.2, -0.15) is 0 Å². The standard InChI is InChI=1S/C23H37N3O5S2.C2H6/c1-6-9-10-11-25-21(27)17-29-14-15-30-22(33-32-5)18-31-20(8-3)16-19(7-2)23(28)26-13-12-24-4;1-2/h7-8,16,22,24H,2,6,11-15,17-18H2,1,3-5H3,(H,25,27)(H,26,28);1-2H3/b19-16+,20-8+;. The Kier molecular flexibility index (Phi) is 26.9. The molecule has 8 nitrogen and oxygen atoms in total. The molecule has 0 saturated carbocycles. The Bertz CT molecular complexity index is 703. The van der Waals surface area contributed by atoms with Gasteiger partial charge in [-0.25, -0.2) is 0 Å². The minimum Gasteiger partial charge on any atom is -0.490 e. The highest BCUT2D eigenvalue weighted by Gasteiger charge is 2.13. The van der Waals surface area contributed by atoms with Crippen LogP contribution in [0.25, 0.3) is 0 Å². The third-order valence-corrected chi connectivity index (χ3v) is 5.66. The van der Waals surface area contributed by atoms with Gasteiger partial charge in [0.2, 0.25) is 5.91 Å². The Hall–Kier alpha value is -1.90. The van der Waals surface area contributed by atoms with Gasteiger partial charge in [0.15, 0.2) is 0 Å². The molecular formula is C25H43N3O5S2. The maximum absolute atomic E-state index is 12.2. The molecule has 0 aliphatic rings. The van der Waals surface area contributed by atoms with Crippen molar-refractivity contribution in [2.75, 3.05) is 59.4 Å². The minimum atomic E-state index is -0.248. The number of carbonyl (C=O) groups is 2. The third-order valence-electron chi connectivity index (χ3n) is 3.75. The molecule has 0 saturated heterocycles. The zero-order valence-corrected chi connectivity index (χ0v) is 23.7. The van der Waals surface area contributed by atoms with Crippen LogP contribution in [0.2, 0.25) is 0 Å². The van der Waals surface area contributed by atoms with Crippen LogP contribution in [-0.2, 0) is 23.8 Å². The molecule has 10 heteroatoms. The summed E-state index contributed by atoms with van der Waals surface area (Å²) < 4.78 is 17.0. The SMILES string of the molecule is C=C/C(=C\C(=C/C)OCC(OCCOCC(=O)NCC#CCC)SSC)C(=O)NCCNC.CC.